The number of carbonyl (C=O) groups is 1. The molecule has 3 rings (SSSR count). The molecule has 1 aromatic heterocycles. The second-order valence-corrected chi connectivity index (χ2v) is 5.72. The third kappa shape index (κ3) is 2.67. The van der Waals surface area contributed by atoms with Crippen LogP contribution in [0.25, 0.3) is 0 Å². The summed E-state index contributed by atoms with van der Waals surface area (Å²) in [7, 11) is 0. The zero-order chi connectivity index (χ0) is 13.4. The van der Waals surface area contributed by atoms with E-state index >= 15 is 0 Å². The SMILES string of the molecule is CC1CC1c1ccc(CN2CCNCC2C(N)=O)o1. The molecule has 19 heavy (non-hydrogen) atoms. The van der Waals surface area contributed by atoms with Gasteiger partial charge >= 0.3 is 0 Å². The number of piperazine rings is 1. The van der Waals surface area contributed by atoms with Crippen molar-refractivity contribution in [3.8, 4) is 0 Å². The third-order valence-electron chi connectivity index (χ3n) is 4.20. The molecule has 104 valence electrons. The van der Waals surface area contributed by atoms with Crippen LogP contribution in [-0.4, -0.2) is 36.5 Å². The van der Waals surface area contributed by atoms with Crippen LogP contribution in [-0.2, 0) is 11.3 Å². The van der Waals surface area contributed by atoms with Gasteiger partial charge in [-0.25, -0.2) is 0 Å². The molecule has 1 saturated heterocycles. The second-order valence-electron chi connectivity index (χ2n) is 5.72. The number of carbonyl (C=O) groups excluding carboxylic acids is 1. The van der Waals surface area contributed by atoms with E-state index in [-0.39, 0.29) is 11.9 Å². The van der Waals surface area contributed by atoms with Crippen molar-refractivity contribution in [2.24, 2.45) is 11.7 Å². The van der Waals surface area contributed by atoms with Gasteiger partial charge in [0, 0.05) is 25.6 Å². The Bertz CT molecular complexity index is 471. The van der Waals surface area contributed by atoms with Crippen molar-refractivity contribution in [1.29, 1.82) is 0 Å². The summed E-state index contributed by atoms with van der Waals surface area (Å²) in [5.74, 6) is 3.10. The molecule has 0 aromatic carbocycles. The Hall–Kier alpha value is -1.33. The van der Waals surface area contributed by atoms with Crippen LogP contribution in [0.1, 0.15) is 30.8 Å². The zero-order valence-corrected chi connectivity index (χ0v) is 11.3. The Kier molecular flexibility index (Phi) is 3.33. The first-order chi connectivity index (χ1) is 9.15. The van der Waals surface area contributed by atoms with Gasteiger partial charge in [0.05, 0.1) is 6.54 Å². The van der Waals surface area contributed by atoms with Gasteiger partial charge in [0.2, 0.25) is 5.91 Å². The van der Waals surface area contributed by atoms with E-state index in [0.717, 1.165) is 30.5 Å². The number of hydrogen-bond acceptors (Lipinski definition) is 4. The number of hydrogen-bond donors (Lipinski definition) is 2. The smallest absolute Gasteiger partial charge is 0.236 e. The highest BCUT2D eigenvalue weighted by atomic mass is 16.3. The fourth-order valence-electron chi connectivity index (χ4n) is 2.81. The summed E-state index contributed by atoms with van der Waals surface area (Å²) in [5.41, 5.74) is 5.44. The quantitative estimate of drug-likeness (QED) is 0.837. The van der Waals surface area contributed by atoms with Gasteiger partial charge < -0.3 is 15.5 Å². The number of nitrogens with one attached hydrogen (secondary N) is 1. The highest BCUT2D eigenvalue weighted by Crippen LogP contribution is 2.47. The number of rotatable bonds is 4. The normalized spacial score (nSPS) is 31.3. The zero-order valence-electron chi connectivity index (χ0n) is 11.3. The van der Waals surface area contributed by atoms with Crippen molar-refractivity contribution in [3.05, 3.63) is 23.7 Å². The van der Waals surface area contributed by atoms with Crippen LogP contribution >= 0.6 is 0 Å². The van der Waals surface area contributed by atoms with Gasteiger partial charge in [0.25, 0.3) is 0 Å². The molecule has 3 N–H and O–H groups in total. The fraction of sp³-hybridized carbons (Fsp3) is 0.643. The lowest BCUT2D eigenvalue weighted by Crippen LogP contribution is -2.56. The maximum atomic E-state index is 11.4. The molecule has 2 fully saturated rings. The Balaban J connectivity index is 1.66. The van der Waals surface area contributed by atoms with E-state index in [2.05, 4.69) is 23.2 Å². The number of furan rings is 1. The van der Waals surface area contributed by atoms with Crippen molar-refractivity contribution in [1.82, 2.24) is 10.2 Å². The maximum Gasteiger partial charge on any atom is 0.236 e. The molecule has 3 unspecified atom stereocenters. The lowest BCUT2D eigenvalue weighted by atomic mass is 10.1. The Morgan fingerprint density at radius 2 is 2.37 bits per heavy atom. The topological polar surface area (TPSA) is 71.5 Å². The molecule has 2 aliphatic rings. The summed E-state index contributed by atoms with van der Waals surface area (Å²) >= 11 is 0. The highest BCUT2D eigenvalue weighted by Gasteiger charge is 2.37. The summed E-state index contributed by atoms with van der Waals surface area (Å²) in [6, 6.07) is 3.87. The molecule has 0 radical (unpaired) electrons. The minimum atomic E-state index is -0.269. The van der Waals surface area contributed by atoms with Crippen molar-refractivity contribution in [3.63, 3.8) is 0 Å². The van der Waals surface area contributed by atoms with E-state index in [4.69, 9.17) is 10.2 Å². The van der Waals surface area contributed by atoms with Crippen LogP contribution in [0.4, 0.5) is 0 Å². The van der Waals surface area contributed by atoms with Gasteiger partial charge in [0.1, 0.15) is 17.6 Å². The molecular weight excluding hydrogens is 242 g/mol. The van der Waals surface area contributed by atoms with Crippen molar-refractivity contribution in [2.75, 3.05) is 19.6 Å². The van der Waals surface area contributed by atoms with E-state index in [1.54, 1.807) is 0 Å². The van der Waals surface area contributed by atoms with E-state index in [0.29, 0.717) is 19.0 Å². The summed E-state index contributed by atoms with van der Waals surface area (Å²) in [4.78, 5) is 13.5. The average molecular weight is 263 g/mol. The summed E-state index contributed by atoms with van der Waals surface area (Å²) in [6.45, 7) is 5.24. The first-order valence-electron chi connectivity index (χ1n) is 6.98. The predicted octanol–water partition coefficient (Wildman–Crippen LogP) is 0.662. The minimum Gasteiger partial charge on any atom is -0.464 e. The molecule has 0 bridgehead atoms. The maximum absolute atomic E-state index is 11.4. The summed E-state index contributed by atoms with van der Waals surface area (Å²) < 4.78 is 5.89. The van der Waals surface area contributed by atoms with Gasteiger partial charge in [-0.15, -0.1) is 0 Å². The van der Waals surface area contributed by atoms with Gasteiger partial charge in [-0.1, -0.05) is 6.92 Å². The first-order valence-corrected chi connectivity index (χ1v) is 6.98. The molecule has 1 aliphatic heterocycles. The lowest BCUT2D eigenvalue weighted by Gasteiger charge is -2.33. The molecule has 5 heteroatoms. The van der Waals surface area contributed by atoms with Crippen molar-refractivity contribution < 1.29 is 9.21 Å². The fourth-order valence-corrected chi connectivity index (χ4v) is 2.81. The molecule has 1 aliphatic carbocycles. The molecule has 1 amide bonds. The summed E-state index contributed by atoms with van der Waals surface area (Å²) in [6.07, 6.45) is 1.23. The standard InChI is InChI=1S/C14H21N3O2/c1-9-6-11(9)13-3-2-10(19-13)8-17-5-4-16-7-12(17)14(15)18/h2-3,9,11-12,16H,4-8H2,1H3,(H2,15,18). The van der Waals surface area contributed by atoms with Crippen LogP contribution in [0.2, 0.25) is 0 Å². The van der Waals surface area contributed by atoms with Crippen LogP contribution < -0.4 is 11.1 Å². The van der Waals surface area contributed by atoms with Crippen LogP contribution in [0, 0.1) is 5.92 Å². The number of nitrogens with zero attached hydrogens (tertiary/aromatic N) is 1. The number of primary amides is 1. The van der Waals surface area contributed by atoms with E-state index in [9.17, 15) is 4.79 Å². The lowest BCUT2D eigenvalue weighted by molar-refractivity contribution is -0.124. The Labute approximate surface area is 113 Å². The molecule has 0 spiro atoms. The highest BCUT2D eigenvalue weighted by molar-refractivity contribution is 5.80. The summed E-state index contributed by atoms with van der Waals surface area (Å²) in [5, 5.41) is 3.20. The Morgan fingerprint density at radius 3 is 3.05 bits per heavy atom. The Morgan fingerprint density at radius 1 is 1.58 bits per heavy atom. The van der Waals surface area contributed by atoms with Crippen molar-refractivity contribution >= 4 is 5.91 Å². The van der Waals surface area contributed by atoms with E-state index in [1.165, 1.54) is 6.42 Å². The van der Waals surface area contributed by atoms with Crippen LogP contribution in [0.5, 0.6) is 0 Å². The average Bonchev–Trinajstić information content (AvgIpc) is 2.94. The van der Waals surface area contributed by atoms with Gasteiger partial charge in [0.15, 0.2) is 0 Å². The molecule has 2 heterocycles. The largest absolute Gasteiger partial charge is 0.464 e. The monoisotopic (exact) mass is 263 g/mol. The van der Waals surface area contributed by atoms with Crippen molar-refractivity contribution in [2.45, 2.75) is 31.8 Å². The molecular formula is C14H21N3O2. The molecule has 5 nitrogen and oxygen atoms in total. The van der Waals surface area contributed by atoms with Crippen LogP contribution in [0.15, 0.2) is 16.5 Å². The first kappa shape index (κ1) is 12.7. The molecule has 3 atom stereocenters. The molecule has 1 saturated carbocycles. The predicted molar refractivity (Wildman–Crippen MR) is 71.5 cm³/mol. The van der Waals surface area contributed by atoms with E-state index < -0.39 is 0 Å². The van der Waals surface area contributed by atoms with Crippen LogP contribution in [0.3, 0.4) is 0 Å². The minimum absolute atomic E-state index is 0.234. The van der Waals surface area contributed by atoms with Gasteiger partial charge in [-0.3, -0.25) is 9.69 Å². The second kappa shape index (κ2) is 4.98. The number of nitrogens with two attached hydrogens (primary N) is 1. The number of amides is 1. The van der Waals surface area contributed by atoms with Gasteiger partial charge in [-0.05, 0) is 24.5 Å². The van der Waals surface area contributed by atoms with E-state index in [1.807, 2.05) is 6.07 Å². The molecule has 1 aromatic rings. The van der Waals surface area contributed by atoms with Gasteiger partial charge in [-0.2, -0.15) is 0 Å². The third-order valence-corrected chi connectivity index (χ3v) is 4.20.